The fraction of sp³-hybridized carbons (Fsp3) is 0.989. The molecule has 0 fully saturated rings. The zero-order valence-corrected chi connectivity index (χ0v) is 67.5. The lowest BCUT2D eigenvalue weighted by Crippen LogP contribution is -2.05. The first-order valence-electron chi connectivity index (χ1n) is 46.4. The number of hydrogen-bond acceptors (Lipinski definition) is 2. The number of unbranched alkanes of at least 4 members (excludes halogenated alkanes) is 83. The first-order valence-corrected chi connectivity index (χ1v) is 46.4. The molecule has 0 aromatic heterocycles. The van der Waals surface area contributed by atoms with Crippen LogP contribution >= 0.6 is 0 Å². The van der Waals surface area contributed by atoms with E-state index in [1.807, 2.05) is 0 Å². The van der Waals surface area contributed by atoms with Crippen molar-refractivity contribution in [2.24, 2.45) is 0 Å². The molecule has 0 unspecified atom stereocenters. The van der Waals surface area contributed by atoms with Gasteiger partial charge < -0.3 is 4.74 Å². The molecule has 0 N–H and O–H groups in total. The second kappa shape index (κ2) is 95.5. The van der Waals surface area contributed by atoms with Gasteiger partial charge in [-0.05, 0) is 12.8 Å². The molecular formula is C93H188O2. The molecule has 0 rings (SSSR count). The van der Waals surface area contributed by atoms with Crippen molar-refractivity contribution in [1.29, 1.82) is 0 Å². The summed E-state index contributed by atoms with van der Waals surface area (Å²) in [5.41, 5.74) is 0. The Morgan fingerprint density at radius 1 is 0.137 bits per heavy atom. The van der Waals surface area contributed by atoms with E-state index in [1.54, 1.807) is 0 Å². The lowest BCUT2D eigenvalue weighted by molar-refractivity contribution is -0.143. The largest absolute Gasteiger partial charge is 0.466 e. The molecule has 0 amide bonds. The molecule has 0 radical (unpaired) electrons. The van der Waals surface area contributed by atoms with E-state index in [4.69, 9.17) is 4.74 Å². The van der Waals surface area contributed by atoms with E-state index >= 15 is 0 Å². The third kappa shape index (κ3) is 97.7. The maximum atomic E-state index is 12.1. The van der Waals surface area contributed by atoms with Gasteiger partial charge in [-0.25, -0.2) is 0 Å². The number of carbonyl (C=O) groups excluding carboxylic acids is 1. The van der Waals surface area contributed by atoms with Crippen LogP contribution < -0.4 is 0 Å². The Morgan fingerprint density at radius 2 is 0.232 bits per heavy atom. The highest BCUT2D eigenvalue weighted by atomic mass is 16.5. The minimum absolute atomic E-state index is 0.0346. The van der Waals surface area contributed by atoms with Crippen molar-refractivity contribution < 1.29 is 9.53 Å². The molecule has 95 heavy (non-hydrogen) atoms. The average Bonchev–Trinajstić information content (AvgIpc) is 3.61. The van der Waals surface area contributed by atoms with Gasteiger partial charge in [0.1, 0.15) is 0 Å². The summed E-state index contributed by atoms with van der Waals surface area (Å²) < 4.78 is 5.50. The normalized spacial score (nSPS) is 11.5. The molecule has 0 aliphatic rings. The Bertz CT molecular complexity index is 1220. The number of carbonyl (C=O) groups is 1. The summed E-state index contributed by atoms with van der Waals surface area (Å²) >= 11 is 0. The van der Waals surface area contributed by atoms with Crippen molar-refractivity contribution in [3.05, 3.63) is 0 Å². The summed E-state index contributed by atoms with van der Waals surface area (Å²) in [5, 5.41) is 0. The van der Waals surface area contributed by atoms with E-state index in [0.29, 0.717) is 13.0 Å². The van der Waals surface area contributed by atoms with Crippen LogP contribution in [0.3, 0.4) is 0 Å². The van der Waals surface area contributed by atoms with Crippen molar-refractivity contribution in [3.63, 3.8) is 0 Å². The Hall–Kier alpha value is -0.530. The van der Waals surface area contributed by atoms with Crippen LogP contribution in [-0.4, -0.2) is 12.6 Å². The summed E-state index contributed by atoms with van der Waals surface area (Å²) in [5.74, 6) is 0.0346. The van der Waals surface area contributed by atoms with Crippen LogP contribution in [0.1, 0.15) is 586 Å². The summed E-state index contributed by atoms with van der Waals surface area (Å²) in [4.78, 5) is 12.1. The van der Waals surface area contributed by atoms with Crippen molar-refractivity contribution in [2.45, 2.75) is 586 Å². The SMILES string of the molecule is CCCCCCCCCCCCCCCCCCCCCCCCCCCCCCCCCCCCC.CCCCCCCCCCCCCCCCCCCCCCCCCCCCCCCCCCCCC(=O)OCCCCCCCCCCCCCCCCCCC. The number of hydrogen-bond donors (Lipinski definition) is 0. The van der Waals surface area contributed by atoms with E-state index in [1.165, 1.54) is 539 Å². The lowest BCUT2D eigenvalue weighted by atomic mass is 10.0. The Balaban J connectivity index is 0. The van der Waals surface area contributed by atoms with Gasteiger partial charge in [0.25, 0.3) is 0 Å². The quantitative estimate of drug-likeness (QED) is 0.0448. The number of ether oxygens (including phenoxy) is 1. The van der Waals surface area contributed by atoms with Crippen molar-refractivity contribution in [3.8, 4) is 0 Å². The molecule has 2 heteroatoms. The van der Waals surface area contributed by atoms with Crippen LogP contribution in [0.4, 0.5) is 0 Å². The predicted octanol–water partition coefficient (Wildman–Crippen LogP) is 35.5. The zero-order chi connectivity index (χ0) is 68.5. The van der Waals surface area contributed by atoms with Gasteiger partial charge >= 0.3 is 5.97 Å². The summed E-state index contributed by atoms with van der Waals surface area (Å²) in [7, 11) is 0. The van der Waals surface area contributed by atoms with Gasteiger partial charge in [-0.1, -0.05) is 567 Å². The van der Waals surface area contributed by atoms with E-state index in [2.05, 4.69) is 27.7 Å². The maximum absolute atomic E-state index is 12.1. The molecule has 2 nitrogen and oxygen atoms in total. The molecule has 0 aliphatic carbocycles. The van der Waals surface area contributed by atoms with E-state index in [0.717, 1.165) is 12.8 Å². The number of esters is 1. The Morgan fingerprint density at radius 3 is 0.347 bits per heavy atom. The molecule has 0 aromatic rings. The van der Waals surface area contributed by atoms with Gasteiger partial charge in [0.15, 0.2) is 0 Å². The summed E-state index contributed by atoms with van der Waals surface area (Å²) in [6.45, 7) is 9.86. The van der Waals surface area contributed by atoms with Gasteiger partial charge in [0, 0.05) is 6.42 Å². The lowest BCUT2D eigenvalue weighted by Gasteiger charge is -2.06. The highest BCUT2D eigenvalue weighted by Gasteiger charge is 2.05. The molecule has 0 aromatic carbocycles. The monoisotopic (exact) mass is 1340 g/mol. The van der Waals surface area contributed by atoms with E-state index < -0.39 is 0 Å². The van der Waals surface area contributed by atoms with Crippen molar-refractivity contribution >= 4 is 5.97 Å². The van der Waals surface area contributed by atoms with E-state index in [9.17, 15) is 4.79 Å². The second-order valence-corrected chi connectivity index (χ2v) is 32.0. The predicted molar refractivity (Wildman–Crippen MR) is 435 cm³/mol. The Kier molecular flexibility index (Phi) is 97.1. The third-order valence-electron chi connectivity index (χ3n) is 22.0. The molecule has 0 heterocycles. The van der Waals surface area contributed by atoms with Crippen LogP contribution in [0.25, 0.3) is 0 Å². The third-order valence-corrected chi connectivity index (χ3v) is 22.0. The molecule has 572 valence electrons. The Labute approximate surface area is 605 Å². The highest BCUT2D eigenvalue weighted by molar-refractivity contribution is 5.69. The van der Waals surface area contributed by atoms with Crippen LogP contribution in [0.5, 0.6) is 0 Å². The topological polar surface area (TPSA) is 26.3 Å². The molecular weight excluding hydrogens is 1150 g/mol. The summed E-state index contributed by atoms with van der Waals surface area (Å²) in [6.07, 6.45) is 125. The number of rotatable bonds is 87. The van der Waals surface area contributed by atoms with Gasteiger partial charge in [-0.2, -0.15) is 0 Å². The molecule has 0 aliphatic heterocycles. The van der Waals surface area contributed by atoms with Crippen LogP contribution in [-0.2, 0) is 9.53 Å². The summed E-state index contributed by atoms with van der Waals surface area (Å²) in [6, 6.07) is 0. The van der Waals surface area contributed by atoms with Gasteiger partial charge in [-0.15, -0.1) is 0 Å². The average molecular weight is 1340 g/mol. The molecule has 0 saturated carbocycles. The van der Waals surface area contributed by atoms with Crippen LogP contribution in [0.15, 0.2) is 0 Å². The van der Waals surface area contributed by atoms with Crippen LogP contribution in [0, 0.1) is 0 Å². The fourth-order valence-corrected chi connectivity index (χ4v) is 15.1. The van der Waals surface area contributed by atoms with Crippen molar-refractivity contribution in [1.82, 2.24) is 0 Å². The minimum atomic E-state index is 0.0346. The molecule has 0 spiro atoms. The van der Waals surface area contributed by atoms with Crippen molar-refractivity contribution in [2.75, 3.05) is 6.61 Å². The first kappa shape index (κ1) is 96.5. The fourth-order valence-electron chi connectivity index (χ4n) is 15.1. The van der Waals surface area contributed by atoms with E-state index in [-0.39, 0.29) is 5.97 Å². The standard InChI is InChI=1S/C56H112O2.C37H76/c1-3-5-7-9-11-13-15-17-19-21-22-23-24-25-26-27-28-29-30-31-32-33-34-35-36-37-38-40-42-44-46-48-50-52-54-56(57)58-55-53-51-49-47-45-43-41-39-20-18-16-14-12-10-8-6-4-2;1-3-5-7-9-11-13-15-17-19-21-23-25-27-29-31-33-35-37-36-34-32-30-28-26-24-22-20-18-16-14-12-10-8-6-4-2/h3-55H2,1-2H3;3-37H2,1-2H3. The smallest absolute Gasteiger partial charge is 0.305 e. The molecule has 0 bridgehead atoms. The highest BCUT2D eigenvalue weighted by Crippen LogP contribution is 2.22. The van der Waals surface area contributed by atoms with Gasteiger partial charge in [0.2, 0.25) is 0 Å². The molecule has 0 atom stereocenters. The first-order chi connectivity index (χ1) is 47.2. The van der Waals surface area contributed by atoms with Crippen LogP contribution in [0.2, 0.25) is 0 Å². The molecule has 0 saturated heterocycles. The second-order valence-electron chi connectivity index (χ2n) is 32.0. The maximum Gasteiger partial charge on any atom is 0.305 e. The van der Waals surface area contributed by atoms with Gasteiger partial charge in [-0.3, -0.25) is 4.79 Å². The minimum Gasteiger partial charge on any atom is -0.466 e. The van der Waals surface area contributed by atoms with Gasteiger partial charge in [0.05, 0.1) is 6.61 Å². The zero-order valence-electron chi connectivity index (χ0n) is 67.5.